The Balaban J connectivity index is 2.00. The van der Waals surface area contributed by atoms with E-state index >= 15 is 0 Å². The summed E-state index contributed by atoms with van der Waals surface area (Å²) in [4.78, 5) is 0. The summed E-state index contributed by atoms with van der Waals surface area (Å²) in [6.07, 6.45) is -3.10. The highest BCUT2D eigenvalue weighted by atomic mass is 19.4. The molecule has 1 N–H and O–H groups in total. The van der Waals surface area contributed by atoms with E-state index in [-0.39, 0.29) is 6.42 Å². The highest BCUT2D eigenvalue weighted by Gasteiger charge is 2.46. The van der Waals surface area contributed by atoms with E-state index in [0.717, 1.165) is 4.68 Å². The standard InChI is InChI=1S/C14H14F3N3O/c1-21-11-5-3-2-4-9(11)10-8-12(14(15,16)17)20-13(19-10)6-7-18-20/h2-7,10,12,19H,8H2,1H3/t10-,12-/m0/s1. The molecule has 2 heterocycles. The summed E-state index contributed by atoms with van der Waals surface area (Å²) < 4.78 is 46.0. The lowest BCUT2D eigenvalue weighted by Crippen LogP contribution is -2.35. The molecule has 1 aliphatic heterocycles. The fourth-order valence-corrected chi connectivity index (χ4v) is 2.67. The molecule has 1 aromatic heterocycles. The van der Waals surface area contributed by atoms with Crippen molar-refractivity contribution in [1.82, 2.24) is 9.78 Å². The summed E-state index contributed by atoms with van der Waals surface area (Å²) in [5, 5.41) is 6.87. The first-order valence-electron chi connectivity index (χ1n) is 6.50. The van der Waals surface area contributed by atoms with Gasteiger partial charge in [0.1, 0.15) is 11.6 Å². The lowest BCUT2D eigenvalue weighted by Gasteiger charge is -2.34. The van der Waals surface area contributed by atoms with Crippen LogP contribution in [0.5, 0.6) is 5.75 Å². The number of hydrogen-bond donors (Lipinski definition) is 1. The summed E-state index contributed by atoms with van der Waals surface area (Å²) in [5.41, 5.74) is 0.710. The van der Waals surface area contributed by atoms with Crippen LogP contribution in [0.15, 0.2) is 36.5 Å². The lowest BCUT2D eigenvalue weighted by molar-refractivity contribution is -0.173. The van der Waals surface area contributed by atoms with Crippen molar-refractivity contribution in [3.63, 3.8) is 0 Å². The number of hydrogen-bond acceptors (Lipinski definition) is 3. The summed E-state index contributed by atoms with van der Waals surface area (Å²) in [5.74, 6) is 0.934. The van der Waals surface area contributed by atoms with E-state index in [1.54, 1.807) is 30.3 Å². The molecule has 2 atom stereocenters. The van der Waals surface area contributed by atoms with E-state index in [0.29, 0.717) is 17.1 Å². The topological polar surface area (TPSA) is 39.1 Å². The van der Waals surface area contributed by atoms with E-state index in [9.17, 15) is 13.2 Å². The predicted molar refractivity (Wildman–Crippen MR) is 71.3 cm³/mol. The Morgan fingerprint density at radius 2 is 2.05 bits per heavy atom. The van der Waals surface area contributed by atoms with Crippen LogP contribution < -0.4 is 10.1 Å². The Hall–Kier alpha value is -2.18. The number of benzene rings is 1. The van der Waals surface area contributed by atoms with Crippen molar-refractivity contribution in [1.29, 1.82) is 0 Å². The number of anilines is 1. The van der Waals surface area contributed by atoms with Crippen LogP contribution in [0.3, 0.4) is 0 Å². The second-order valence-electron chi connectivity index (χ2n) is 4.89. The summed E-state index contributed by atoms with van der Waals surface area (Å²) in [7, 11) is 1.51. The van der Waals surface area contributed by atoms with Gasteiger partial charge in [0.2, 0.25) is 0 Å². The average molecular weight is 297 g/mol. The Labute approximate surface area is 119 Å². The molecule has 0 fully saturated rings. The van der Waals surface area contributed by atoms with E-state index in [4.69, 9.17) is 4.74 Å². The van der Waals surface area contributed by atoms with Gasteiger partial charge in [-0.3, -0.25) is 0 Å². The van der Waals surface area contributed by atoms with Crippen LogP contribution in [0.4, 0.5) is 19.0 Å². The van der Waals surface area contributed by atoms with Crippen LogP contribution in [0.25, 0.3) is 0 Å². The van der Waals surface area contributed by atoms with Gasteiger partial charge in [-0.05, 0) is 6.07 Å². The molecule has 0 spiro atoms. The number of rotatable bonds is 2. The molecule has 7 heteroatoms. The molecule has 0 radical (unpaired) electrons. The second kappa shape index (κ2) is 4.98. The van der Waals surface area contributed by atoms with Crippen molar-refractivity contribution >= 4 is 5.82 Å². The Morgan fingerprint density at radius 3 is 2.76 bits per heavy atom. The van der Waals surface area contributed by atoms with Gasteiger partial charge in [-0.2, -0.15) is 18.3 Å². The maximum absolute atomic E-state index is 13.2. The van der Waals surface area contributed by atoms with Gasteiger partial charge < -0.3 is 10.1 Å². The maximum atomic E-state index is 13.2. The monoisotopic (exact) mass is 297 g/mol. The number of alkyl halides is 3. The fraction of sp³-hybridized carbons (Fsp3) is 0.357. The van der Waals surface area contributed by atoms with Crippen molar-refractivity contribution in [2.45, 2.75) is 24.7 Å². The number of para-hydroxylation sites is 1. The molecule has 0 bridgehead atoms. The Bertz CT molecular complexity index is 638. The minimum Gasteiger partial charge on any atom is -0.496 e. The molecule has 2 aromatic rings. The zero-order chi connectivity index (χ0) is 15.0. The first-order valence-corrected chi connectivity index (χ1v) is 6.50. The quantitative estimate of drug-likeness (QED) is 0.921. The summed E-state index contributed by atoms with van der Waals surface area (Å²) >= 11 is 0. The Morgan fingerprint density at radius 1 is 1.29 bits per heavy atom. The van der Waals surface area contributed by atoms with Crippen LogP contribution in [0, 0.1) is 0 Å². The molecule has 1 aliphatic rings. The van der Waals surface area contributed by atoms with Crippen molar-refractivity contribution in [3.05, 3.63) is 42.1 Å². The molecule has 3 rings (SSSR count). The highest BCUT2D eigenvalue weighted by molar-refractivity contribution is 5.45. The summed E-state index contributed by atoms with van der Waals surface area (Å²) in [6, 6.07) is 6.52. The minimum atomic E-state index is -4.34. The zero-order valence-corrected chi connectivity index (χ0v) is 11.3. The predicted octanol–water partition coefficient (Wildman–Crippen LogP) is 3.55. The van der Waals surface area contributed by atoms with E-state index in [1.165, 1.54) is 13.3 Å². The largest absolute Gasteiger partial charge is 0.496 e. The van der Waals surface area contributed by atoms with Crippen LogP contribution in [0.1, 0.15) is 24.1 Å². The second-order valence-corrected chi connectivity index (χ2v) is 4.89. The van der Waals surface area contributed by atoms with Crippen LogP contribution in [-0.2, 0) is 0 Å². The van der Waals surface area contributed by atoms with Crippen molar-refractivity contribution in [2.75, 3.05) is 12.4 Å². The molecular formula is C14H14F3N3O. The average Bonchev–Trinajstić information content (AvgIpc) is 2.93. The first-order chi connectivity index (χ1) is 10.0. The normalized spacial score (nSPS) is 21.5. The van der Waals surface area contributed by atoms with Crippen molar-refractivity contribution in [2.24, 2.45) is 0 Å². The van der Waals surface area contributed by atoms with E-state index < -0.39 is 18.3 Å². The van der Waals surface area contributed by atoms with Gasteiger partial charge in [0.05, 0.1) is 19.3 Å². The van der Waals surface area contributed by atoms with Gasteiger partial charge in [-0.25, -0.2) is 4.68 Å². The van der Waals surface area contributed by atoms with Gasteiger partial charge in [0.25, 0.3) is 0 Å². The highest BCUT2D eigenvalue weighted by Crippen LogP contribution is 2.44. The SMILES string of the molecule is COc1ccccc1[C@@H]1C[C@@H](C(F)(F)F)n2nccc2N1. The molecule has 112 valence electrons. The minimum absolute atomic E-state index is 0.126. The molecular weight excluding hydrogens is 283 g/mol. The van der Waals surface area contributed by atoms with Crippen LogP contribution in [0.2, 0.25) is 0 Å². The Kier molecular flexibility index (Phi) is 3.27. The molecule has 0 saturated carbocycles. The third-order valence-corrected chi connectivity index (χ3v) is 3.64. The number of fused-ring (bicyclic) bond motifs is 1. The molecule has 0 amide bonds. The molecule has 21 heavy (non-hydrogen) atoms. The van der Waals surface area contributed by atoms with Gasteiger partial charge >= 0.3 is 6.18 Å². The number of nitrogens with zero attached hydrogens (tertiary/aromatic N) is 2. The van der Waals surface area contributed by atoms with Crippen molar-refractivity contribution < 1.29 is 17.9 Å². The third kappa shape index (κ3) is 2.43. The summed E-state index contributed by atoms with van der Waals surface area (Å²) in [6.45, 7) is 0. The number of ether oxygens (including phenoxy) is 1. The number of aromatic nitrogens is 2. The first kappa shape index (κ1) is 13.8. The smallest absolute Gasteiger partial charge is 0.410 e. The van der Waals surface area contributed by atoms with Gasteiger partial charge in [-0.1, -0.05) is 18.2 Å². The van der Waals surface area contributed by atoms with Gasteiger partial charge in [-0.15, -0.1) is 0 Å². The van der Waals surface area contributed by atoms with Gasteiger partial charge in [0.15, 0.2) is 6.04 Å². The molecule has 0 aliphatic carbocycles. The molecule has 0 saturated heterocycles. The van der Waals surface area contributed by atoms with E-state index in [2.05, 4.69) is 10.4 Å². The van der Waals surface area contributed by atoms with Gasteiger partial charge in [0, 0.05) is 18.1 Å². The number of methoxy groups -OCH3 is 1. The fourth-order valence-electron chi connectivity index (χ4n) is 2.67. The maximum Gasteiger partial charge on any atom is 0.410 e. The molecule has 4 nitrogen and oxygen atoms in total. The number of halogens is 3. The number of nitrogens with one attached hydrogen (secondary N) is 1. The molecule has 0 unspecified atom stereocenters. The van der Waals surface area contributed by atoms with E-state index in [1.807, 2.05) is 0 Å². The zero-order valence-electron chi connectivity index (χ0n) is 11.3. The van der Waals surface area contributed by atoms with Crippen molar-refractivity contribution in [3.8, 4) is 5.75 Å². The van der Waals surface area contributed by atoms with Crippen LogP contribution >= 0.6 is 0 Å². The van der Waals surface area contributed by atoms with Crippen LogP contribution in [-0.4, -0.2) is 23.1 Å². The molecule has 1 aromatic carbocycles. The third-order valence-electron chi connectivity index (χ3n) is 3.64. The lowest BCUT2D eigenvalue weighted by atomic mass is 9.96.